The summed E-state index contributed by atoms with van der Waals surface area (Å²) in [5.41, 5.74) is 7.00. The van der Waals surface area contributed by atoms with Crippen LogP contribution in [0.2, 0.25) is 0 Å². The molecule has 1 aromatic carbocycles. The smallest absolute Gasteiger partial charge is 0.227 e. The van der Waals surface area contributed by atoms with Crippen molar-refractivity contribution in [2.24, 2.45) is 11.7 Å². The third-order valence-corrected chi connectivity index (χ3v) is 3.12. The summed E-state index contributed by atoms with van der Waals surface area (Å²) in [5.74, 6) is -0.0683. The first-order valence-electron chi connectivity index (χ1n) is 6.93. The zero-order valence-corrected chi connectivity index (χ0v) is 13.3. The molecule has 0 saturated heterocycles. The Labute approximate surface area is 132 Å². The third kappa shape index (κ3) is 7.11. The molecule has 6 heteroatoms. The Balaban J connectivity index is 0.00000400. The highest BCUT2D eigenvalue weighted by Gasteiger charge is 2.10. The van der Waals surface area contributed by atoms with Gasteiger partial charge in [0.25, 0.3) is 0 Å². The second-order valence-electron chi connectivity index (χ2n) is 4.81. The van der Waals surface area contributed by atoms with E-state index in [1.807, 2.05) is 38.1 Å². The first-order chi connectivity index (χ1) is 9.56. The minimum atomic E-state index is -0.0680. The quantitative estimate of drug-likeness (QED) is 0.720. The summed E-state index contributed by atoms with van der Waals surface area (Å²) in [7, 11) is 0. The van der Waals surface area contributed by atoms with E-state index in [2.05, 4.69) is 10.6 Å². The maximum Gasteiger partial charge on any atom is 0.227 e. The minimum absolute atomic E-state index is 0. The molecule has 21 heavy (non-hydrogen) atoms. The molecule has 118 valence electrons. The van der Waals surface area contributed by atoms with Crippen LogP contribution in [0, 0.1) is 5.92 Å². The number of carbonyl (C=O) groups excluding carboxylic acids is 2. The van der Waals surface area contributed by atoms with Gasteiger partial charge in [-0.25, -0.2) is 0 Å². The number of benzene rings is 1. The van der Waals surface area contributed by atoms with E-state index >= 15 is 0 Å². The molecule has 0 aliphatic rings. The van der Waals surface area contributed by atoms with Crippen LogP contribution in [0.25, 0.3) is 0 Å². The average Bonchev–Trinajstić information content (AvgIpc) is 2.45. The fourth-order valence-electron chi connectivity index (χ4n) is 1.63. The summed E-state index contributed by atoms with van der Waals surface area (Å²) < 4.78 is 0. The lowest BCUT2D eigenvalue weighted by atomic mass is 10.1. The largest absolute Gasteiger partial charge is 0.352 e. The van der Waals surface area contributed by atoms with Crippen molar-refractivity contribution in [1.29, 1.82) is 0 Å². The number of rotatable bonds is 7. The maximum absolute atomic E-state index is 11.8. The topological polar surface area (TPSA) is 84.2 Å². The van der Waals surface area contributed by atoms with E-state index in [1.165, 1.54) is 0 Å². The number of anilines is 1. The lowest BCUT2D eigenvalue weighted by Gasteiger charge is -2.11. The van der Waals surface area contributed by atoms with Gasteiger partial charge < -0.3 is 16.4 Å². The Bertz CT molecular complexity index is 466. The van der Waals surface area contributed by atoms with Gasteiger partial charge in [0.05, 0.1) is 0 Å². The van der Waals surface area contributed by atoms with Gasteiger partial charge in [0.1, 0.15) is 0 Å². The second kappa shape index (κ2) is 10.2. The molecule has 1 aromatic rings. The van der Waals surface area contributed by atoms with E-state index in [4.69, 9.17) is 5.73 Å². The summed E-state index contributed by atoms with van der Waals surface area (Å²) in [5, 5.41) is 5.66. The predicted molar refractivity (Wildman–Crippen MR) is 87.3 cm³/mol. The number of nitrogens with one attached hydrogen (secondary N) is 2. The van der Waals surface area contributed by atoms with E-state index in [0.29, 0.717) is 19.5 Å². The van der Waals surface area contributed by atoms with E-state index in [0.717, 1.165) is 17.7 Å². The minimum Gasteiger partial charge on any atom is -0.352 e. The molecule has 0 aliphatic carbocycles. The molecule has 0 fully saturated rings. The molecule has 1 unspecified atom stereocenters. The van der Waals surface area contributed by atoms with Crippen LogP contribution in [-0.4, -0.2) is 18.4 Å². The van der Waals surface area contributed by atoms with E-state index < -0.39 is 0 Å². The molecule has 0 spiro atoms. The Hall–Kier alpha value is -1.59. The van der Waals surface area contributed by atoms with Crippen LogP contribution in [0.15, 0.2) is 24.3 Å². The molecule has 0 saturated carbocycles. The van der Waals surface area contributed by atoms with E-state index in [9.17, 15) is 9.59 Å². The summed E-state index contributed by atoms with van der Waals surface area (Å²) in [6.45, 7) is 4.66. The van der Waals surface area contributed by atoms with Gasteiger partial charge in [0.15, 0.2) is 0 Å². The molecule has 4 N–H and O–H groups in total. The number of halogens is 1. The molecule has 0 heterocycles. The van der Waals surface area contributed by atoms with Gasteiger partial charge >= 0.3 is 0 Å². The van der Waals surface area contributed by atoms with Crippen molar-refractivity contribution in [2.75, 3.05) is 11.9 Å². The third-order valence-electron chi connectivity index (χ3n) is 3.12. The van der Waals surface area contributed by atoms with Crippen molar-refractivity contribution in [3.63, 3.8) is 0 Å². The molecule has 5 nitrogen and oxygen atoms in total. The summed E-state index contributed by atoms with van der Waals surface area (Å²) in [6.07, 6.45) is 1.13. The van der Waals surface area contributed by atoms with Gasteiger partial charge in [0.2, 0.25) is 11.8 Å². The molecular weight excluding hydrogens is 290 g/mol. The SMILES string of the molecule is CCC(C)C(=O)Nc1cccc(CNC(=O)CCN)c1.Cl. The summed E-state index contributed by atoms with van der Waals surface area (Å²) in [6, 6.07) is 7.47. The molecule has 2 amide bonds. The highest BCUT2D eigenvalue weighted by atomic mass is 35.5. The van der Waals surface area contributed by atoms with Crippen molar-refractivity contribution in [1.82, 2.24) is 5.32 Å². The van der Waals surface area contributed by atoms with Gasteiger partial charge in [-0.2, -0.15) is 0 Å². The maximum atomic E-state index is 11.8. The first kappa shape index (κ1) is 19.4. The Morgan fingerprint density at radius 3 is 2.67 bits per heavy atom. The number of amides is 2. The van der Waals surface area contributed by atoms with Crippen molar-refractivity contribution in [2.45, 2.75) is 33.2 Å². The Kier molecular flexibility index (Phi) is 9.41. The summed E-state index contributed by atoms with van der Waals surface area (Å²) in [4.78, 5) is 23.2. The van der Waals surface area contributed by atoms with Crippen LogP contribution in [0.3, 0.4) is 0 Å². The van der Waals surface area contributed by atoms with Crippen LogP contribution < -0.4 is 16.4 Å². The zero-order valence-electron chi connectivity index (χ0n) is 12.5. The number of hydrogen-bond acceptors (Lipinski definition) is 3. The van der Waals surface area contributed by atoms with Gasteiger partial charge in [-0.05, 0) is 24.1 Å². The fourth-order valence-corrected chi connectivity index (χ4v) is 1.63. The van der Waals surface area contributed by atoms with Gasteiger partial charge in [0, 0.05) is 31.1 Å². The molecule has 0 bridgehead atoms. The molecule has 0 aromatic heterocycles. The van der Waals surface area contributed by atoms with Crippen LogP contribution in [0.4, 0.5) is 5.69 Å². The average molecular weight is 314 g/mol. The van der Waals surface area contributed by atoms with Crippen LogP contribution in [0.5, 0.6) is 0 Å². The normalized spacial score (nSPS) is 11.2. The number of carbonyl (C=O) groups is 2. The van der Waals surface area contributed by atoms with Crippen molar-refractivity contribution in [3.8, 4) is 0 Å². The van der Waals surface area contributed by atoms with Crippen molar-refractivity contribution < 1.29 is 9.59 Å². The lowest BCUT2D eigenvalue weighted by Crippen LogP contribution is -2.25. The monoisotopic (exact) mass is 313 g/mol. The van der Waals surface area contributed by atoms with Crippen LogP contribution in [0.1, 0.15) is 32.3 Å². The molecule has 0 aliphatic heterocycles. The zero-order chi connectivity index (χ0) is 15.0. The predicted octanol–water partition coefficient (Wildman–Crippen LogP) is 2.06. The molecule has 1 rings (SSSR count). The highest BCUT2D eigenvalue weighted by molar-refractivity contribution is 5.92. The first-order valence-corrected chi connectivity index (χ1v) is 6.93. The number of nitrogens with two attached hydrogens (primary N) is 1. The van der Waals surface area contributed by atoms with Crippen LogP contribution in [-0.2, 0) is 16.1 Å². The Morgan fingerprint density at radius 1 is 1.33 bits per heavy atom. The van der Waals surface area contributed by atoms with E-state index in [-0.39, 0.29) is 30.1 Å². The standard InChI is InChI=1S/C15H23N3O2.ClH/c1-3-11(2)15(20)18-13-6-4-5-12(9-13)10-17-14(19)7-8-16;/h4-6,9,11H,3,7-8,10,16H2,1-2H3,(H,17,19)(H,18,20);1H. The lowest BCUT2D eigenvalue weighted by molar-refractivity contribution is -0.121. The van der Waals surface area contributed by atoms with E-state index in [1.54, 1.807) is 0 Å². The fraction of sp³-hybridized carbons (Fsp3) is 0.467. The van der Waals surface area contributed by atoms with Crippen LogP contribution >= 0.6 is 12.4 Å². The summed E-state index contributed by atoms with van der Waals surface area (Å²) >= 11 is 0. The number of hydrogen-bond donors (Lipinski definition) is 3. The van der Waals surface area contributed by atoms with Gasteiger partial charge in [-0.1, -0.05) is 26.0 Å². The highest BCUT2D eigenvalue weighted by Crippen LogP contribution is 2.13. The molecule has 1 atom stereocenters. The second-order valence-corrected chi connectivity index (χ2v) is 4.81. The van der Waals surface area contributed by atoms with Gasteiger partial charge in [-0.3, -0.25) is 9.59 Å². The molecular formula is C15H24ClN3O2. The van der Waals surface area contributed by atoms with Gasteiger partial charge in [-0.15, -0.1) is 12.4 Å². The van der Waals surface area contributed by atoms with Crippen molar-refractivity contribution in [3.05, 3.63) is 29.8 Å². The van der Waals surface area contributed by atoms with Crippen molar-refractivity contribution >= 4 is 29.9 Å². The molecule has 0 radical (unpaired) electrons. The Morgan fingerprint density at radius 2 is 2.05 bits per heavy atom.